The van der Waals surface area contributed by atoms with Gasteiger partial charge in [-0.3, -0.25) is 19.2 Å². The number of ether oxygens (including phenoxy) is 1. The Balaban J connectivity index is 0.00000705. The fourth-order valence-corrected chi connectivity index (χ4v) is 4.98. The van der Waals surface area contributed by atoms with Gasteiger partial charge in [-0.1, -0.05) is 42.6 Å². The Hall–Kier alpha value is -2.58. The third-order valence-corrected chi connectivity index (χ3v) is 7.82. The summed E-state index contributed by atoms with van der Waals surface area (Å²) in [5.74, 6) is -1.37. The number of rotatable bonds is 19. The number of fused-ring (bicyclic) bond motifs is 1. The number of hydrogen-bond acceptors (Lipinski definition) is 9. The zero-order valence-electron chi connectivity index (χ0n) is 25.4. The minimum Gasteiger partial charge on any atom is -0.748 e. The van der Waals surface area contributed by atoms with E-state index in [2.05, 4.69) is 15.6 Å². The van der Waals surface area contributed by atoms with Gasteiger partial charge >= 0.3 is 35.5 Å². The Morgan fingerprint density at radius 1 is 0.933 bits per heavy atom. The van der Waals surface area contributed by atoms with Crippen LogP contribution >= 0.6 is 11.6 Å². The van der Waals surface area contributed by atoms with Gasteiger partial charge in [-0.15, -0.1) is 0 Å². The van der Waals surface area contributed by atoms with Gasteiger partial charge in [0.2, 0.25) is 5.43 Å². The molecule has 1 amide bonds. The molecule has 1 aromatic heterocycles. The number of esters is 1. The molecule has 45 heavy (non-hydrogen) atoms. The number of aromatic nitrogens is 1. The molecule has 0 spiro atoms. The Kier molecular flexibility index (Phi) is 17.0. The number of amides is 1. The molecule has 1 heterocycles. The minimum absolute atomic E-state index is 0. The van der Waals surface area contributed by atoms with Crippen LogP contribution in [0.15, 0.2) is 53.5 Å². The summed E-state index contributed by atoms with van der Waals surface area (Å²) in [6.07, 6.45) is 6.08. The van der Waals surface area contributed by atoms with E-state index in [4.69, 9.17) is 16.3 Å². The third kappa shape index (κ3) is 14.6. The molecular formula is C31H37ClN3NaO8S. The zero-order chi connectivity index (χ0) is 32.0. The maximum Gasteiger partial charge on any atom is 1.00 e. The average Bonchev–Trinajstić information content (AvgIpc) is 2.98. The normalized spacial score (nSPS) is 11.2. The molecule has 0 aliphatic heterocycles. The molecule has 0 saturated heterocycles. The van der Waals surface area contributed by atoms with Gasteiger partial charge in [-0.05, 0) is 61.1 Å². The third-order valence-electron chi connectivity index (χ3n) is 6.87. The summed E-state index contributed by atoms with van der Waals surface area (Å²) in [4.78, 5) is 52.6. The second kappa shape index (κ2) is 19.8. The van der Waals surface area contributed by atoms with Gasteiger partial charge in [0.15, 0.2) is 0 Å². The molecule has 0 unspecified atom stereocenters. The largest absolute Gasteiger partial charge is 1.00 e. The first-order valence-corrected chi connectivity index (χ1v) is 16.5. The molecule has 3 rings (SSSR count). The van der Waals surface area contributed by atoms with Crippen molar-refractivity contribution in [3.63, 3.8) is 0 Å². The average molecular weight is 670 g/mol. The number of benzene rings is 2. The Morgan fingerprint density at radius 2 is 1.62 bits per heavy atom. The quantitative estimate of drug-likeness (QED) is 0.0716. The summed E-state index contributed by atoms with van der Waals surface area (Å²) < 4.78 is 36.9. The van der Waals surface area contributed by atoms with Crippen molar-refractivity contribution in [3.05, 3.63) is 80.6 Å². The van der Waals surface area contributed by atoms with Gasteiger partial charge in [0.05, 0.1) is 29.0 Å². The van der Waals surface area contributed by atoms with Crippen molar-refractivity contribution in [2.75, 3.05) is 25.4 Å². The summed E-state index contributed by atoms with van der Waals surface area (Å²) in [5, 5.41) is 6.41. The maximum absolute atomic E-state index is 13.1. The van der Waals surface area contributed by atoms with Crippen LogP contribution in [0, 0.1) is 0 Å². The Bertz CT molecular complexity index is 1600. The predicted molar refractivity (Wildman–Crippen MR) is 167 cm³/mol. The van der Waals surface area contributed by atoms with Crippen molar-refractivity contribution >= 4 is 50.3 Å². The van der Waals surface area contributed by atoms with Crippen LogP contribution in [0.3, 0.4) is 0 Å². The standard InChI is InChI=1S/C31H38ClN3O8S.Na/c32-24-12-9-23(10-13-24)19-35-31(39)27-21-34-28-14-11-22(18-26(28)30(27)38)6-5-16-43-29(37)8-4-2-1-3-7-25(36)20-33-15-17-44(40,41)42;/h9-14,18,21,33H,1-8,15-17,19-20H2,(H,34,38)(H,35,39)(H,40,41,42);/q;+1/p-1. The molecule has 3 N–H and O–H groups in total. The SMILES string of the molecule is O=C(CCCCCCC(=O)OCCCc1ccc2[nH]cc(C(=O)NCc3ccc(Cl)cc3)c(=O)c2c1)CNCCS(=O)(=O)[O-].[Na+]. The number of carbonyl (C=O) groups is 3. The molecule has 0 saturated carbocycles. The number of halogens is 1. The topological polar surface area (TPSA) is 175 Å². The van der Waals surface area contributed by atoms with Gasteiger partial charge in [0.25, 0.3) is 5.91 Å². The van der Waals surface area contributed by atoms with Gasteiger partial charge in [-0.2, -0.15) is 0 Å². The number of carbonyl (C=O) groups excluding carboxylic acids is 3. The number of H-pyrrole nitrogens is 1. The van der Waals surface area contributed by atoms with Crippen molar-refractivity contribution in [1.29, 1.82) is 0 Å². The van der Waals surface area contributed by atoms with E-state index >= 15 is 0 Å². The van der Waals surface area contributed by atoms with E-state index in [-0.39, 0.29) is 85.0 Å². The van der Waals surface area contributed by atoms with E-state index in [1.54, 1.807) is 36.4 Å². The molecule has 3 aromatic rings. The maximum atomic E-state index is 13.1. The summed E-state index contributed by atoms with van der Waals surface area (Å²) in [6.45, 7) is 0.488. The van der Waals surface area contributed by atoms with Gasteiger partial charge < -0.3 is 24.9 Å². The fourth-order valence-electron chi connectivity index (χ4n) is 4.46. The van der Waals surface area contributed by atoms with Crippen LogP contribution in [0.4, 0.5) is 0 Å². The van der Waals surface area contributed by atoms with Crippen LogP contribution in [0.5, 0.6) is 0 Å². The summed E-state index contributed by atoms with van der Waals surface area (Å²) in [7, 11) is -4.28. The van der Waals surface area contributed by atoms with Crippen molar-refractivity contribution in [3.8, 4) is 0 Å². The van der Waals surface area contributed by atoms with Crippen LogP contribution in [0.25, 0.3) is 10.9 Å². The van der Waals surface area contributed by atoms with E-state index in [0.717, 1.165) is 24.0 Å². The minimum atomic E-state index is -4.28. The van der Waals surface area contributed by atoms with Crippen LogP contribution in [0.2, 0.25) is 5.02 Å². The molecule has 14 heteroatoms. The molecular weight excluding hydrogens is 633 g/mol. The summed E-state index contributed by atoms with van der Waals surface area (Å²) in [5.41, 5.74) is 2.02. The number of hydrogen-bond donors (Lipinski definition) is 3. The van der Waals surface area contributed by atoms with Crippen LogP contribution < -0.4 is 45.6 Å². The van der Waals surface area contributed by atoms with Crippen molar-refractivity contribution in [2.24, 2.45) is 0 Å². The number of aryl methyl sites for hydroxylation is 1. The van der Waals surface area contributed by atoms with E-state index < -0.39 is 21.8 Å². The van der Waals surface area contributed by atoms with E-state index in [9.17, 15) is 32.1 Å². The molecule has 0 aliphatic carbocycles. The summed E-state index contributed by atoms with van der Waals surface area (Å²) in [6, 6.07) is 12.5. The fraction of sp³-hybridized carbons (Fsp3) is 0.419. The Labute approximate surface area is 289 Å². The first-order chi connectivity index (χ1) is 21.0. The van der Waals surface area contributed by atoms with E-state index in [1.807, 2.05) is 6.07 Å². The molecule has 0 bridgehead atoms. The number of aromatic amines is 1. The van der Waals surface area contributed by atoms with Crippen molar-refractivity contribution in [1.82, 2.24) is 15.6 Å². The molecule has 0 aliphatic rings. The number of nitrogens with one attached hydrogen (secondary N) is 3. The molecule has 0 fully saturated rings. The summed E-state index contributed by atoms with van der Waals surface area (Å²) >= 11 is 5.89. The Morgan fingerprint density at radius 3 is 2.33 bits per heavy atom. The van der Waals surface area contributed by atoms with Crippen LogP contribution in [-0.4, -0.2) is 61.1 Å². The first-order valence-electron chi connectivity index (χ1n) is 14.5. The molecule has 0 atom stereocenters. The second-order valence-electron chi connectivity index (χ2n) is 10.4. The molecule has 0 radical (unpaired) electrons. The smallest absolute Gasteiger partial charge is 0.748 e. The number of ketones is 1. The van der Waals surface area contributed by atoms with E-state index in [0.29, 0.717) is 48.0 Å². The van der Waals surface area contributed by atoms with Gasteiger partial charge in [-0.25, -0.2) is 8.42 Å². The second-order valence-corrected chi connectivity index (χ2v) is 12.4. The van der Waals surface area contributed by atoms with E-state index in [1.165, 1.54) is 6.20 Å². The monoisotopic (exact) mass is 669 g/mol. The van der Waals surface area contributed by atoms with Crippen molar-refractivity contribution < 1.29 is 61.6 Å². The van der Waals surface area contributed by atoms with Gasteiger partial charge in [0, 0.05) is 48.1 Å². The van der Waals surface area contributed by atoms with Crippen LogP contribution in [0.1, 0.15) is 66.4 Å². The number of Topliss-reactive ketones (excluding diaryl/α,β-unsaturated/α-hetero) is 1. The first kappa shape index (κ1) is 38.6. The van der Waals surface area contributed by atoms with Crippen molar-refractivity contribution in [2.45, 2.75) is 57.9 Å². The number of pyridine rings is 1. The van der Waals surface area contributed by atoms with Gasteiger partial charge in [0.1, 0.15) is 11.3 Å². The molecule has 11 nitrogen and oxygen atoms in total. The molecule has 2 aromatic carbocycles. The zero-order valence-corrected chi connectivity index (χ0v) is 28.9. The predicted octanol–water partition coefficient (Wildman–Crippen LogP) is 0.636. The molecule has 238 valence electrons. The number of unbranched alkanes of at least 4 members (excludes halogenated alkanes) is 3. The van der Waals surface area contributed by atoms with Crippen LogP contribution in [-0.2, 0) is 37.4 Å².